The summed E-state index contributed by atoms with van der Waals surface area (Å²) in [5, 5.41) is 4.08. The van der Waals surface area contributed by atoms with Gasteiger partial charge in [-0.2, -0.15) is 0 Å². The van der Waals surface area contributed by atoms with Crippen LogP contribution in [0.2, 0.25) is 5.02 Å². The first kappa shape index (κ1) is 13.9. The second-order valence-electron chi connectivity index (χ2n) is 4.89. The molecule has 20 heavy (non-hydrogen) atoms. The maximum atomic E-state index is 6.19. The van der Waals surface area contributed by atoms with Crippen molar-refractivity contribution >= 4 is 27.5 Å². The molecule has 4 heteroatoms. The zero-order chi connectivity index (χ0) is 14.1. The molecule has 0 saturated heterocycles. The fourth-order valence-electron chi connectivity index (χ4n) is 2.61. The summed E-state index contributed by atoms with van der Waals surface area (Å²) >= 11 is 9.61. The number of nitrogens with one attached hydrogen (secondary N) is 1. The van der Waals surface area contributed by atoms with Crippen molar-refractivity contribution in [3.05, 3.63) is 63.1 Å². The van der Waals surface area contributed by atoms with Crippen molar-refractivity contribution in [2.45, 2.75) is 18.6 Å². The Morgan fingerprint density at radius 2 is 2.05 bits per heavy atom. The zero-order valence-corrected chi connectivity index (χ0v) is 13.4. The number of para-hydroxylation sites is 1. The fraction of sp³-hybridized carbons (Fsp3) is 0.250. The van der Waals surface area contributed by atoms with E-state index in [9.17, 15) is 0 Å². The maximum Gasteiger partial charge on any atom is 0.126 e. The molecule has 0 bridgehead atoms. The van der Waals surface area contributed by atoms with Gasteiger partial charge in [-0.25, -0.2) is 0 Å². The van der Waals surface area contributed by atoms with Crippen LogP contribution in [0.15, 0.2) is 46.9 Å². The van der Waals surface area contributed by atoms with Gasteiger partial charge in [0.2, 0.25) is 0 Å². The van der Waals surface area contributed by atoms with E-state index in [1.54, 1.807) is 0 Å². The van der Waals surface area contributed by atoms with Crippen molar-refractivity contribution in [1.82, 2.24) is 5.32 Å². The number of hydrogen-bond acceptors (Lipinski definition) is 2. The number of fused-ring (bicyclic) bond motifs is 1. The molecule has 1 N–H and O–H groups in total. The molecule has 0 saturated carbocycles. The van der Waals surface area contributed by atoms with E-state index in [-0.39, 0.29) is 6.10 Å². The van der Waals surface area contributed by atoms with Gasteiger partial charge in [-0.05, 0) is 46.7 Å². The average Bonchev–Trinajstić information content (AvgIpc) is 2.49. The predicted octanol–water partition coefficient (Wildman–Crippen LogP) is 4.89. The topological polar surface area (TPSA) is 21.3 Å². The van der Waals surface area contributed by atoms with Crippen LogP contribution in [0.3, 0.4) is 0 Å². The molecule has 1 aliphatic rings. The molecular formula is C16H15BrClNO. The second-order valence-corrected chi connectivity index (χ2v) is 6.16. The lowest BCUT2D eigenvalue weighted by atomic mass is 9.93. The Hall–Kier alpha value is -1.03. The summed E-state index contributed by atoms with van der Waals surface area (Å²) in [5.41, 5.74) is 2.32. The molecule has 104 valence electrons. The van der Waals surface area contributed by atoms with Crippen LogP contribution in [-0.4, -0.2) is 7.05 Å². The predicted molar refractivity (Wildman–Crippen MR) is 85.4 cm³/mol. The van der Waals surface area contributed by atoms with E-state index in [0.29, 0.717) is 11.1 Å². The monoisotopic (exact) mass is 351 g/mol. The highest BCUT2D eigenvalue weighted by Gasteiger charge is 2.28. The third-order valence-corrected chi connectivity index (χ3v) is 4.91. The van der Waals surface area contributed by atoms with Crippen LogP contribution in [0.25, 0.3) is 0 Å². The van der Waals surface area contributed by atoms with E-state index >= 15 is 0 Å². The highest BCUT2D eigenvalue weighted by molar-refractivity contribution is 9.10. The molecule has 3 rings (SSSR count). The molecule has 2 aromatic rings. The Labute approximate surface area is 132 Å². The van der Waals surface area contributed by atoms with Crippen LogP contribution in [-0.2, 0) is 0 Å². The lowest BCUT2D eigenvalue weighted by molar-refractivity contribution is 0.154. The minimum atomic E-state index is 0.0212. The van der Waals surface area contributed by atoms with Gasteiger partial charge in [0.1, 0.15) is 11.9 Å². The molecule has 2 aromatic carbocycles. The van der Waals surface area contributed by atoms with Crippen LogP contribution in [0.1, 0.15) is 29.7 Å². The minimum Gasteiger partial charge on any atom is -0.485 e. The van der Waals surface area contributed by atoms with Crippen molar-refractivity contribution in [2.75, 3.05) is 7.05 Å². The van der Waals surface area contributed by atoms with Crippen LogP contribution in [0, 0.1) is 0 Å². The molecule has 0 aliphatic carbocycles. The molecule has 0 fully saturated rings. The first-order valence-corrected chi connectivity index (χ1v) is 7.74. The third kappa shape index (κ3) is 2.58. The largest absolute Gasteiger partial charge is 0.485 e. The summed E-state index contributed by atoms with van der Waals surface area (Å²) in [6, 6.07) is 14.5. The van der Waals surface area contributed by atoms with Crippen molar-refractivity contribution in [2.24, 2.45) is 0 Å². The van der Waals surface area contributed by atoms with E-state index in [1.807, 2.05) is 37.4 Å². The molecule has 2 nitrogen and oxygen atoms in total. The van der Waals surface area contributed by atoms with E-state index in [0.717, 1.165) is 22.2 Å². The number of halogens is 2. The Balaban J connectivity index is 1.95. The van der Waals surface area contributed by atoms with Gasteiger partial charge >= 0.3 is 0 Å². The summed E-state index contributed by atoms with van der Waals surface area (Å²) in [4.78, 5) is 0. The van der Waals surface area contributed by atoms with Gasteiger partial charge in [0, 0.05) is 22.5 Å². The van der Waals surface area contributed by atoms with Crippen molar-refractivity contribution < 1.29 is 4.74 Å². The van der Waals surface area contributed by atoms with Crippen molar-refractivity contribution in [1.29, 1.82) is 0 Å². The Bertz CT molecular complexity index is 632. The van der Waals surface area contributed by atoms with Gasteiger partial charge in [0.15, 0.2) is 0 Å². The fourth-order valence-corrected chi connectivity index (χ4v) is 3.04. The lowest BCUT2D eigenvalue weighted by Gasteiger charge is -2.32. The molecule has 2 atom stereocenters. The smallest absolute Gasteiger partial charge is 0.126 e. The van der Waals surface area contributed by atoms with Gasteiger partial charge in [0.05, 0.1) is 5.02 Å². The van der Waals surface area contributed by atoms with Crippen LogP contribution >= 0.6 is 27.5 Å². The third-order valence-electron chi connectivity index (χ3n) is 3.68. The van der Waals surface area contributed by atoms with Crippen LogP contribution in [0.4, 0.5) is 0 Å². The second kappa shape index (κ2) is 5.76. The Morgan fingerprint density at radius 1 is 1.25 bits per heavy atom. The molecule has 0 spiro atoms. The molecule has 2 unspecified atom stereocenters. The van der Waals surface area contributed by atoms with E-state index < -0.39 is 0 Å². The first-order chi connectivity index (χ1) is 9.69. The van der Waals surface area contributed by atoms with E-state index in [4.69, 9.17) is 16.3 Å². The van der Waals surface area contributed by atoms with E-state index in [2.05, 4.69) is 33.4 Å². The van der Waals surface area contributed by atoms with Gasteiger partial charge < -0.3 is 10.1 Å². The molecule has 1 heterocycles. The summed E-state index contributed by atoms with van der Waals surface area (Å²) in [7, 11) is 1.98. The van der Waals surface area contributed by atoms with Crippen LogP contribution in [0.5, 0.6) is 5.75 Å². The summed E-state index contributed by atoms with van der Waals surface area (Å²) in [5.74, 6) is 0.946. The molecule has 0 amide bonds. The Morgan fingerprint density at radius 3 is 2.80 bits per heavy atom. The van der Waals surface area contributed by atoms with Crippen LogP contribution < -0.4 is 10.1 Å². The molecule has 0 aromatic heterocycles. The summed E-state index contributed by atoms with van der Waals surface area (Å²) in [6.45, 7) is 0. The molecular weight excluding hydrogens is 338 g/mol. The standard InChI is InChI=1S/C16H15BrClNO/c1-19-14-9-16(10-6-7-12(17)13(18)8-10)20-15-5-3-2-4-11(14)15/h2-8,14,16,19H,9H2,1H3. The highest BCUT2D eigenvalue weighted by Crippen LogP contribution is 2.41. The maximum absolute atomic E-state index is 6.19. The number of hydrogen-bond donors (Lipinski definition) is 1. The van der Waals surface area contributed by atoms with Gasteiger partial charge in [0.25, 0.3) is 0 Å². The number of rotatable bonds is 2. The normalized spacial score (nSPS) is 21.1. The first-order valence-electron chi connectivity index (χ1n) is 6.57. The average molecular weight is 353 g/mol. The minimum absolute atomic E-state index is 0.0212. The number of benzene rings is 2. The van der Waals surface area contributed by atoms with Gasteiger partial charge in [-0.15, -0.1) is 0 Å². The Kier molecular flexibility index (Phi) is 4.01. The molecule has 0 radical (unpaired) electrons. The highest BCUT2D eigenvalue weighted by atomic mass is 79.9. The summed E-state index contributed by atoms with van der Waals surface area (Å²) < 4.78 is 7.04. The zero-order valence-electron chi connectivity index (χ0n) is 11.1. The molecule has 1 aliphatic heterocycles. The SMILES string of the molecule is CNC1CC(c2ccc(Br)c(Cl)c2)Oc2ccccc21. The lowest BCUT2D eigenvalue weighted by Crippen LogP contribution is -2.26. The quantitative estimate of drug-likeness (QED) is 0.831. The van der Waals surface area contributed by atoms with Crippen molar-refractivity contribution in [3.8, 4) is 5.75 Å². The van der Waals surface area contributed by atoms with Gasteiger partial charge in [-0.1, -0.05) is 35.9 Å². The van der Waals surface area contributed by atoms with Crippen molar-refractivity contribution in [3.63, 3.8) is 0 Å². The van der Waals surface area contributed by atoms with E-state index in [1.165, 1.54) is 5.56 Å². The number of ether oxygens (including phenoxy) is 1. The van der Waals surface area contributed by atoms with Gasteiger partial charge in [-0.3, -0.25) is 0 Å². The summed E-state index contributed by atoms with van der Waals surface area (Å²) in [6.07, 6.45) is 0.916.